The molecule has 1 heterocycles. The van der Waals surface area contributed by atoms with Crippen LogP contribution in [-0.2, 0) is 11.2 Å². The van der Waals surface area contributed by atoms with E-state index in [1.807, 2.05) is 31.4 Å². The molecule has 0 aliphatic carbocycles. The number of thiazole rings is 1. The number of rotatable bonds is 3. The van der Waals surface area contributed by atoms with Crippen LogP contribution in [0.1, 0.15) is 16.3 Å². The van der Waals surface area contributed by atoms with Crippen LogP contribution in [-0.4, -0.2) is 10.9 Å². The van der Waals surface area contributed by atoms with Crippen LogP contribution in [0, 0.1) is 13.8 Å². The van der Waals surface area contributed by atoms with Crippen LogP contribution in [0.25, 0.3) is 0 Å². The van der Waals surface area contributed by atoms with Crippen molar-refractivity contribution < 1.29 is 4.79 Å². The first kappa shape index (κ1) is 13.1. The normalized spacial score (nSPS) is 10.4. The van der Waals surface area contributed by atoms with E-state index in [1.165, 1.54) is 0 Å². The van der Waals surface area contributed by atoms with Crippen LogP contribution in [0.4, 0.5) is 5.69 Å². The van der Waals surface area contributed by atoms with E-state index in [0.29, 0.717) is 5.02 Å². The number of hydrogen-bond acceptors (Lipinski definition) is 3. The Kier molecular flexibility index (Phi) is 3.99. The summed E-state index contributed by atoms with van der Waals surface area (Å²) in [5.74, 6) is -0.0781. The van der Waals surface area contributed by atoms with Gasteiger partial charge in [-0.1, -0.05) is 17.7 Å². The van der Waals surface area contributed by atoms with E-state index in [-0.39, 0.29) is 12.3 Å². The van der Waals surface area contributed by atoms with Crippen LogP contribution in [0.15, 0.2) is 23.6 Å². The summed E-state index contributed by atoms with van der Waals surface area (Å²) >= 11 is 7.54. The van der Waals surface area contributed by atoms with E-state index in [4.69, 9.17) is 11.6 Å². The summed E-state index contributed by atoms with van der Waals surface area (Å²) in [5, 5.41) is 6.37. The second-order valence-electron chi connectivity index (χ2n) is 4.00. The maximum atomic E-state index is 11.9. The summed E-state index contributed by atoms with van der Waals surface area (Å²) in [4.78, 5) is 16.1. The molecule has 0 aliphatic rings. The quantitative estimate of drug-likeness (QED) is 0.933. The molecule has 0 atom stereocenters. The minimum absolute atomic E-state index is 0.0781. The van der Waals surface area contributed by atoms with Crippen molar-refractivity contribution in [2.24, 2.45) is 0 Å². The van der Waals surface area contributed by atoms with E-state index < -0.39 is 0 Å². The first-order valence-corrected chi connectivity index (χ1v) is 6.78. The number of aromatic nitrogens is 1. The summed E-state index contributed by atoms with van der Waals surface area (Å²) in [6.45, 7) is 3.80. The highest BCUT2D eigenvalue weighted by Gasteiger charge is 2.09. The fraction of sp³-hybridized carbons (Fsp3) is 0.231. The third kappa shape index (κ3) is 3.09. The van der Waals surface area contributed by atoms with Gasteiger partial charge in [0, 0.05) is 16.1 Å². The van der Waals surface area contributed by atoms with Crippen LogP contribution in [0.3, 0.4) is 0 Å². The van der Waals surface area contributed by atoms with Crippen molar-refractivity contribution in [3.8, 4) is 0 Å². The molecule has 0 fully saturated rings. The van der Waals surface area contributed by atoms with Gasteiger partial charge in [0.25, 0.3) is 0 Å². The van der Waals surface area contributed by atoms with Crippen LogP contribution in [0.2, 0.25) is 5.02 Å². The average Bonchev–Trinajstić information content (AvgIpc) is 2.70. The highest BCUT2D eigenvalue weighted by Crippen LogP contribution is 2.23. The predicted octanol–water partition coefficient (Wildman–Crippen LogP) is 3.59. The second kappa shape index (κ2) is 5.50. The molecule has 2 rings (SSSR count). The number of anilines is 1. The third-order valence-corrected chi connectivity index (χ3v) is 3.78. The van der Waals surface area contributed by atoms with E-state index in [9.17, 15) is 4.79 Å². The highest BCUT2D eigenvalue weighted by atomic mass is 35.5. The Morgan fingerprint density at radius 2 is 2.22 bits per heavy atom. The fourth-order valence-corrected chi connectivity index (χ4v) is 2.38. The molecular weight excluding hydrogens is 268 g/mol. The second-order valence-corrected chi connectivity index (χ2v) is 5.46. The summed E-state index contributed by atoms with van der Waals surface area (Å²) in [5.41, 5.74) is 2.43. The number of carbonyl (C=O) groups excluding carboxylic acids is 1. The van der Waals surface area contributed by atoms with Gasteiger partial charge >= 0.3 is 0 Å². The molecule has 1 aromatic carbocycles. The van der Waals surface area contributed by atoms with Crippen LogP contribution < -0.4 is 5.32 Å². The number of amides is 1. The van der Waals surface area contributed by atoms with Gasteiger partial charge in [-0.2, -0.15) is 0 Å². The number of nitrogens with zero attached hydrogens (tertiary/aromatic N) is 1. The summed E-state index contributed by atoms with van der Waals surface area (Å²) in [6.07, 6.45) is 0.288. The first-order chi connectivity index (χ1) is 8.56. The van der Waals surface area contributed by atoms with Crippen LogP contribution in [0.5, 0.6) is 0 Å². The number of aryl methyl sites for hydroxylation is 1. The van der Waals surface area contributed by atoms with Gasteiger partial charge < -0.3 is 5.32 Å². The van der Waals surface area contributed by atoms with E-state index in [1.54, 1.807) is 17.4 Å². The van der Waals surface area contributed by atoms with Gasteiger partial charge in [-0.15, -0.1) is 11.3 Å². The van der Waals surface area contributed by atoms with E-state index in [0.717, 1.165) is 22.0 Å². The minimum Gasteiger partial charge on any atom is -0.325 e. The van der Waals surface area contributed by atoms with Gasteiger partial charge in [0.1, 0.15) is 0 Å². The smallest absolute Gasteiger partial charge is 0.230 e. The average molecular weight is 281 g/mol. The molecule has 1 amide bonds. The fourth-order valence-electron chi connectivity index (χ4n) is 1.59. The topological polar surface area (TPSA) is 42.0 Å². The largest absolute Gasteiger partial charge is 0.325 e. The minimum atomic E-state index is -0.0781. The van der Waals surface area contributed by atoms with Gasteiger partial charge in [-0.25, -0.2) is 4.98 Å². The highest BCUT2D eigenvalue weighted by molar-refractivity contribution is 7.09. The van der Waals surface area contributed by atoms with Gasteiger partial charge in [0.05, 0.1) is 17.1 Å². The molecule has 18 heavy (non-hydrogen) atoms. The zero-order valence-electron chi connectivity index (χ0n) is 10.2. The molecule has 0 spiro atoms. The Bertz CT molecular complexity index is 580. The van der Waals surface area contributed by atoms with Crippen molar-refractivity contribution in [3.05, 3.63) is 44.9 Å². The van der Waals surface area contributed by atoms with Crippen molar-refractivity contribution in [3.63, 3.8) is 0 Å². The Balaban J connectivity index is 2.05. The SMILES string of the molecule is Cc1nc(CC(=O)Nc2cccc(Cl)c2C)cs1. The molecule has 3 nitrogen and oxygen atoms in total. The molecule has 0 radical (unpaired) electrons. The van der Waals surface area contributed by atoms with Gasteiger partial charge in [-0.3, -0.25) is 4.79 Å². The lowest BCUT2D eigenvalue weighted by atomic mass is 10.2. The lowest BCUT2D eigenvalue weighted by Gasteiger charge is -2.08. The third-order valence-electron chi connectivity index (χ3n) is 2.55. The molecule has 0 aliphatic heterocycles. The van der Waals surface area contributed by atoms with Crippen molar-refractivity contribution in [1.29, 1.82) is 0 Å². The lowest BCUT2D eigenvalue weighted by Crippen LogP contribution is -2.15. The van der Waals surface area contributed by atoms with E-state index >= 15 is 0 Å². The number of nitrogens with one attached hydrogen (secondary N) is 1. The molecule has 0 unspecified atom stereocenters. The molecule has 5 heteroatoms. The summed E-state index contributed by atoms with van der Waals surface area (Å²) in [6, 6.07) is 5.46. The van der Waals surface area contributed by atoms with Crippen molar-refractivity contribution >= 4 is 34.5 Å². The molecular formula is C13H13ClN2OS. The lowest BCUT2D eigenvalue weighted by molar-refractivity contribution is -0.115. The maximum Gasteiger partial charge on any atom is 0.230 e. The van der Waals surface area contributed by atoms with Crippen molar-refractivity contribution in [2.45, 2.75) is 20.3 Å². The number of hydrogen-bond donors (Lipinski definition) is 1. The molecule has 2 aromatic rings. The standard InChI is InChI=1S/C13H13ClN2OS/c1-8-11(14)4-3-5-12(8)16-13(17)6-10-7-18-9(2)15-10/h3-5,7H,6H2,1-2H3,(H,16,17). The zero-order chi connectivity index (χ0) is 13.1. The van der Waals surface area contributed by atoms with Crippen molar-refractivity contribution in [1.82, 2.24) is 4.98 Å². The maximum absolute atomic E-state index is 11.9. The number of carbonyl (C=O) groups is 1. The Labute approximate surface area is 115 Å². The molecule has 1 aromatic heterocycles. The Morgan fingerprint density at radius 3 is 2.89 bits per heavy atom. The number of halogens is 1. The monoisotopic (exact) mass is 280 g/mol. The van der Waals surface area contributed by atoms with Crippen molar-refractivity contribution in [2.75, 3.05) is 5.32 Å². The summed E-state index contributed by atoms with van der Waals surface area (Å²) < 4.78 is 0. The molecule has 0 saturated carbocycles. The predicted molar refractivity (Wildman–Crippen MR) is 75.4 cm³/mol. The van der Waals surface area contributed by atoms with Gasteiger partial charge in [0.15, 0.2) is 0 Å². The van der Waals surface area contributed by atoms with E-state index in [2.05, 4.69) is 10.3 Å². The zero-order valence-corrected chi connectivity index (χ0v) is 11.7. The van der Waals surface area contributed by atoms with Crippen LogP contribution >= 0.6 is 22.9 Å². The first-order valence-electron chi connectivity index (χ1n) is 5.52. The number of benzene rings is 1. The summed E-state index contributed by atoms with van der Waals surface area (Å²) in [7, 11) is 0. The molecule has 1 N–H and O–H groups in total. The molecule has 0 bridgehead atoms. The van der Waals surface area contributed by atoms with Gasteiger partial charge in [-0.05, 0) is 31.5 Å². The molecule has 94 valence electrons. The Morgan fingerprint density at radius 1 is 1.44 bits per heavy atom. The molecule has 0 saturated heterocycles. The van der Waals surface area contributed by atoms with Gasteiger partial charge in [0.2, 0.25) is 5.91 Å². The Hall–Kier alpha value is -1.39.